The van der Waals surface area contributed by atoms with Gasteiger partial charge in [0.15, 0.2) is 11.6 Å². The Bertz CT molecular complexity index is 1060. The summed E-state index contributed by atoms with van der Waals surface area (Å²) >= 11 is 0. The number of benzene rings is 2. The predicted molar refractivity (Wildman–Crippen MR) is 106 cm³/mol. The van der Waals surface area contributed by atoms with Crippen LogP contribution in [0.15, 0.2) is 60.9 Å². The summed E-state index contributed by atoms with van der Waals surface area (Å²) in [5.41, 5.74) is 2.41. The van der Waals surface area contributed by atoms with Gasteiger partial charge in [0.25, 0.3) is 5.91 Å². The SMILES string of the molecule is CC(=O)c1cccc(NC(=O)c2cc(Nc3cccc(C(C)=O)c3)ncn2)c1. The van der Waals surface area contributed by atoms with E-state index in [-0.39, 0.29) is 17.3 Å². The lowest BCUT2D eigenvalue weighted by atomic mass is 10.1. The van der Waals surface area contributed by atoms with E-state index in [0.29, 0.717) is 28.3 Å². The van der Waals surface area contributed by atoms with E-state index < -0.39 is 5.91 Å². The first-order chi connectivity index (χ1) is 13.4. The van der Waals surface area contributed by atoms with Crippen molar-refractivity contribution < 1.29 is 14.4 Å². The molecule has 2 N–H and O–H groups in total. The quantitative estimate of drug-likeness (QED) is 0.635. The van der Waals surface area contributed by atoms with Gasteiger partial charge in [-0.25, -0.2) is 9.97 Å². The van der Waals surface area contributed by atoms with Gasteiger partial charge in [0, 0.05) is 28.6 Å². The van der Waals surface area contributed by atoms with Crippen molar-refractivity contribution in [2.75, 3.05) is 10.6 Å². The summed E-state index contributed by atoms with van der Waals surface area (Å²) in [5, 5.41) is 5.77. The lowest BCUT2D eigenvalue weighted by molar-refractivity contribution is 0.100. The Morgan fingerprint density at radius 1 is 0.786 bits per heavy atom. The van der Waals surface area contributed by atoms with Crippen LogP contribution < -0.4 is 10.6 Å². The maximum Gasteiger partial charge on any atom is 0.274 e. The molecule has 0 aliphatic rings. The summed E-state index contributed by atoms with van der Waals surface area (Å²) < 4.78 is 0. The van der Waals surface area contributed by atoms with Gasteiger partial charge in [-0.2, -0.15) is 0 Å². The molecule has 140 valence electrons. The monoisotopic (exact) mass is 374 g/mol. The van der Waals surface area contributed by atoms with Crippen LogP contribution in [0.3, 0.4) is 0 Å². The Labute approximate surface area is 161 Å². The van der Waals surface area contributed by atoms with E-state index in [1.807, 2.05) is 0 Å². The zero-order valence-electron chi connectivity index (χ0n) is 15.4. The standard InChI is InChI=1S/C21H18N4O3/c1-13(26)15-5-3-7-17(9-15)24-20-11-19(22-12-23-20)21(28)25-18-8-4-6-16(10-18)14(2)27/h3-12H,1-2H3,(H,25,28)(H,22,23,24). The number of ketones is 2. The highest BCUT2D eigenvalue weighted by Gasteiger charge is 2.11. The molecule has 0 spiro atoms. The number of carbonyl (C=O) groups excluding carboxylic acids is 3. The second-order valence-electron chi connectivity index (χ2n) is 6.14. The van der Waals surface area contributed by atoms with Crippen LogP contribution in [0.4, 0.5) is 17.2 Å². The first-order valence-corrected chi connectivity index (χ1v) is 8.55. The van der Waals surface area contributed by atoms with Crippen LogP contribution in [0.2, 0.25) is 0 Å². The van der Waals surface area contributed by atoms with Crippen LogP contribution >= 0.6 is 0 Å². The summed E-state index contributed by atoms with van der Waals surface area (Å²) in [4.78, 5) is 43.6. The normalized spacial score (nSPS) is 10.2. The van der Waals surface area contributed by atoms with Gasteiger partial charge < -0.3 is 10.6 Å². The Balaban J connectivity index is 1.76. The van der Waals surface area contributed by atoms with E-state index in [1.165, 1.54) is 26.2 Å². The number of amides is 1. The Hall–Kier alpha value is -3.87. The van der Waals surface area contributed by atoms with Crippen LogP contribution in [0, 0.1) is 0 Å². The third kappa shape index (κ3) is 4.64. The van der Waals surface area contributed by atoms with Gasteiger partial charge >= 0.3 is 0 Å². The summed E-state index contributed by atoms with van der Waals surface area (Å²) in [6.45, 7) is 2.96. The zero-order valence-corrected chi connectivity index (χ0v) is 15.4. The molecule has 0 aliphatic carbocycles. The molecule has 1 aromatic heterocycles. The minimum Gasteiger partial charge on any atom is -0.340 e. The molecule has 0 atom stereocenters. The van der Waals surface area contributed by atoms with Gasteiger partial charge in [-0.1, -0.05) is 24.3 Å². The number of rotatable bonds is 6. The van der Waals surface area contributed by atoms with Crippen LogP contribution in [-0.4, -0.2) is 27.4 Å². The number of hydrogen-bond acceptors (Lipinski definition) is 6. The van der Waals surface area contributed by atoms with E-state index in [9.17, 15) is 14.4 Å². The molecule has 7 nitrogen and oxygen atoms in total. The summed E-state index contributed by atoms with van der Waals surface area (Å²) in [6.07, 6.45) is 1.28. The van der Waals surface area contributed by atoms with E-state index in [1.54, 1.807) is 48.5 Å². The average Bonchev–Trinajstić information content (AvgIpc) is 2.68. The summed E-state index contributed by atoms with van der Waals surface area (Å²) in [6, 6.07) is 15.2. The minimum atomic E-state index is -0.427. The van der Waals surface area contributed by atoms with Gasteiger partial charge in [-0.3, -0.25) is 14.4 Å². The van der Waals surface area contributed by atoms with Crippen molar-refractivity contribution in [1.82, 2.24) is 9.97 Å². The maximum absolute atomic E-state index is 12.5. The Morgan fingerprint density at radius 3 is 2.04 bits per heavy atom. The molecular weight excluding hydrogens is 356 g/mol. The van der Waals surface area contributed by atoms with E-state index >= 15 is 0 Å². The predicted octanol–water partition coefficient (Wildman–Crippen LogP) is 3.88. The molecule has 3 aromatic rings. The number of nitrogens with zero attached hydrogens (tertiary/aromatic N) is 2. The van der Waals surface area contributed by atoms with Crippen molar-refractivity contribution in [3.05, 3.63) is 77.7 Å². The van der Waals surface area contributed by atoms with E-state index in [4.69, 9.17) is 0 Å². The molecule has 0 saturated heterocycles. The molecular formula is C21H18N4O3. The Kier molecular flexibility index (Phi) is 5.55. The molecule has 1 amide bonds. The van der Waals surface area contributed by atoms with Crippen LogP contribution in [0.5, 0.6) is 0 Å². The highest BCUT2D eigenvalue weighted by molar-refractivity contribution is 6.04. The smallest absolute Gasteiger partial charge is 0.274 e. The lowest BCUT2D eigenvalue weighted by Gasteiger charge is -2.09. The highest BCUT2D eigenvalue weighted by atomic mass is 16.2. The highest BCUT2D eigenvalue weighted by Crippen LogP contribution is 2.18. The molecule has 0 radical (unpaired) electrons. The maximum atomic E-state index is 12.5. The van der Waals surface area contributed by atoms with E-state index in [0.717, 1.165) is 0 Å². The van der Waals surface area contributed by atoms with E-state index in [2.05, 4.69) is 20.6 Å². The molecule has 0 aliphatic heterocycles. The largest absolute Gasteiger partial charge is 0.340 e. The molecule has 0 fully saturated rings. The molecule has 1 heterocycles. The Morgan fingerprint density at radius 2 is 1.39 bits per heavy atom. The van der Waals surface area contributed by atoms with Crippen molar-refractivity contribution in [3.63, 3.8) is 0 Å². The van der Waals surface area contributed by atoms with Crippen molar-refractivity contribution in [2.45, 2.75) is 13.8 Å². The first kappa shape index (κ1) is 18.9. The number of carbonyl (C=O) groups is 3. The summed E-state index contributed by atoms with van der Waals surface area (Å²) in [7, 11) is 0. The molecule has 3 rings (SSSR count). The van der Waals surface area contributed by atoms with Gasteiger partial charge in [-0.15, -0.1) is 0 Å². The molecule has 28 heavy (non-hydrogen) atoms. The third-order valence-electron chi connectivity index (χ3n) is 3.97. The number of hydrogen-bond donors (Lipinski definition) is 2. The van der Waals surface area contributed by atoms with Crippen molar-refractivity contribution in [2.24, 2.45) is 0 Å². The molecule has 2 aromatic carbocycles. The second kappa shape index (κ2) is 8.22. The minimum absolute atomic E-state index is 0.0424. The fraction of sp³-hybridized carbons (Fsp3) is 0.0952. The average molecular weight is 374 g/mol. The van der Waals surface area contributed by atoms with Gasteiger partial charge in [-0.05, 0) is 38.1 Å². The number of Topliss-reactive ketones (excluding diaryl/α,β-unsaturated/α-hetero) is 2. The molecule has 7 heteroatoms. The number of anilines is 3. The van der Waals surface area contributed by atoms with Crippen LogP contribution in [-0.2, 0) is 0 Å². The second-order valence-corrected chi connectivity index (χ2v) is 6.14. The van der Waals surface area contributed by atoms with Gasteiger partial charge in [0.2, 0.25) is 0 Å². The van der Waals surface area contributed by atoms with Gasteiger partial charge in [0.05, 0.1) is 0 Å². The lowest BCUT2D eigenvalue weighted by Crippen LogP contribution is -2.14. The third-order valence-corrected chi connectivity index (χ3v) is 3.97. The van der Waals surface area contributed by atoms with Crippen molar-refractivity contribution in [1.29, 1.82) is 0 Å². The molecule has 0 bridgehead atoms. The fourth-order valence-corrected chi connectivity index (χ4v) is 2.52. The fourth-order valence-electron chi connectivity index (χ4n) is 2.52. The number of aromatic nitrogens is 2. The molecule has 0 saturated carbocycles. The molecule has 0 unspecified atom stereocenters. The van der Waals surface area contributed by atoms with Crippen LogP contribution in [0.1, 0.15) is 45.1 Å². The van der Waals surface area contributed by atoms with Crippen LogP contribution in [0.25, 0.3) is 0 Å². The number of nitrogens with one attached hydrogen (secondary N) is 2. The first-order valence-electron chi connectivity index (χ1n) is 8.55. The summed E-state index contributed by atoms with van der Waals surface area (Å²) in [5.74, 6) is -0.140. The zero-order chi connectivity index (χ0) is 20.1. The van der Waals surface area contributed by atoms with Gasteiger partial charge in [0.1, 0.15) is 17.8 Å². The van der Waals surface area contributed by atoms with Crippen molar-refractivity contribution >= 4 is 34.7 Å². The topological polar surface area (TPSA) is 101 Å². The van der Waals surface area contributed by atoms with Crippen molar-refractivity contribution in [3.8, 4) is 0 Å².